The number of nitrogens with zero attached hydrogens (tertiary/aromatic N) is 1. The number of aryl methyl sites for hydroxylation is 1. The van der Waals surface area contributed by atoms with Crippen molar-refractivity contribution in [2.24, 2.45) is 0 Å². The van der Waals surface area contributed by atoms with E-state index in [1.165, 1.54) is 12.1 Å². The normalized spacial score (nSPS) is 13.2. The maximum atomic E-state index is 12.4. The first-order valence-electron chi connectivity index (χ1n) is 7.64. The highest BCUT2D eigenvalue weighted by molar-refractivity contribution is 6.43. The van der Waals surface area contributed by atoms with Crippen LogP contribution >= 0.6 is 23.2 Å². The summed E-state index contributed by atoms with van der Waals surface area (Å²) in [4.78, 5) is 37.9. The van der Waals surface area contributed by atoms with Gasteiger partial charge in [0.1, 0.15) is 6.54 Å². The van der Waals surface area contributed by atoms with Crippen molar-refractivity contribution < 1.29 is 14.4 Å². The van der Waals surface area contributed by atoms with E-state index < -0.39 is 17.7 Å². The van der Waals surface area contributed by atoms with Crippen molar-refractivity contribution in [1.29, 1.82) is 0 Å². The third-order valence-electron chi connectivity index (χ3n) is 3.93. The molecule has 0 unspecified atom stereocenters. The fourth-order valence-electron chi connectivity index (χ4n) is 2.64. The summed E-state index contributed by atoms with van der Waals surface area (Å²) in [5.41, 5.74) is 2.00. The first kappa shape index (κ1) is 17.5. The Morgan fingerprint density at radius 3 is 2.20 bits per heavy atom. The van der Waals surface area contributed by atoms with Crippen molar-refractivity contribution in [3.63, 3.8) is 0 Å². The molecule has 5 nitrogen and oxygen atoms in total. The van der Waals surface area contributed by atoms with Crippen LogP contribution in [0.2, 0.25) is 10.0 Å². The van der Waals surface area contributed by atoms with E-state index in [1.54, 1.807) is 6.07 Å². The summed E-state index contributed by atoms with van der Waals surface area (Å²) in [5.74, 6) is -1.58. The zero-order chi connectivity index (χ0) is 18.1. The number of hydrogen-bond donors (Lipinski definition) is 1. The lowest BCUT2D eigenvalue weighted by atomic mass is 10.1. The Morgan fingerprint density at radius 1 is 1.04 bits per heavy atom. The molecule has 1 N–H and O–H groups in total. The number of carbonyl (C=O) groups excluding carboxylic acids is 3. The molecule has 1 aliphatic heterocycles. The summed E-state index contributed by atoms with van der Waals surface area (Å²) in [7, 11) is 0. The monoisotopic (exact) mass is 376 g/mol. The minimum Gasteiger partial charge on any atom is -0.325 e. The molecule has 0 saturated heterocycles. The number of imide groups is 1. The van der Waals surface area contributed by atoms with Gasteiger partial charge in [0.25, 0.3) is 11.8 Å². The highest BCUT2D eigenvalue weighted by atomic mass is 35.5. The number of halogens is 2. The molecule has 3 rings (SSSR count). The third-order valence-corrected chi connectivity index (χ3v) is 4.65. The van der Waals surface area contributed by atoms with Gasteiger partial charge in [-0.25, -0.2) is 0 Å². The molecule has 7 heteroatoms. The van der Waals surface area contributed by atoms with Gasteiger partial charge >= 0.3 is 0 Å². The van der Waals surface area contributed by atoms with E-state index in [4.69, 9.17) is 23.2 Å². The van der Waals surface area contributed by atoms with E-state index in [-0.39, 0.29) is 27.7 Å². The van der Waals surface area contributed by atoms with E-state index in [2.05, 4.69) is 5.32 Å². The molecule has 0 radical (unpaired) electrons. The summed E-state index contributed by atoms with van der Waals surface area (Å²) >= 11 is 11.8. The van der Waals surface area contributed by atoms with Gasteiger partial charge in [-0.2, -0.15) is 0 Å². The van der Waals surface area contributed by atoms with Gasteiger partial charge in [-0.1, -0.05) is 42.3 Å². The molecule has 1 aliphatic rings. The molecular weight excluding hydrogens is 363 g/mol. The van der Waals surface area contributed by atoms with Gasteiger partial charge in [0.15, 0.2) is 0 Å². The zero-order valence-electron chi connectivity index (χ0n) is 13.3. The van der Waals surface area contributed by atoms with E-state index in [9.17, 15) is 14.4 Å². The van der Waals surface area contributed by atoms with Crippen molar-refractivity contribution >= 4 is 46.6 Å². The fraction of sp³-hybridized carbons (Fsp3) is 0.167. The first-order valence-corrected chi connectivity index (χ1v) is 8.40. The van der Waals surface area contributed by atoms with E-state index >= 15 is 0 Å². The number of benzene rings is 2. The van der Waals surface area contributed by atoms with Crippen molar-refractivity contribution in [3.8, 4) is 0 Å². The Morgan fingerprint density at radius 2 is 1.64 bits per heavy atom. The van der Waals surface area contributed by atoms with Gasteiger partial charge in [0, 0.05) is 5.69 Å². The van der Waals surface area contributed by atoms with Crippen LogP contribution in [0.4, 0.5) is 5.69 Å². The smallest absolute Gasteiger partial charge is 0.262 e. The number of rotatable bonds is 4. The Labute approximate surface area is 154 Å². The Hall–Kier alpha value is -2.37. The SMILES string of the molecule is CCc1cccc(NC(=O)CN2C(=O)c3cc(Cl)c(Cl)cc3C2=O)c1. The molecule has 0 aliphatic carbocycles. The predicted molar refractivity (Wildman–Crippen MR) is 96.3 cm³/mol. The van der Waals surface area contributed by atoms with Crippen LogP contribution in [0.25, 0.3) is 0 Å². The van der Waals surface area contributed by atoms with Crippen molar-refractivity contribution in [3.05, 3.63) is 63.1 Å². The average molecular weight is 377 g/mol. The molecule has 2 aromatic carbocycles. The number of nitrogens with one attached hydrogen (secondary N) is 1. The Balaban J connectivity index is 1.76. The minimum absolute atomic E-state index is 0.153. The molecule has 0 fully saturated rings. The summed E-state index contributed by atoms with van der Waals surface area (Å²) in [6.07, 6.45) is 0.837. The number of hydrogen-bond acceptors (Lipinski definition) is 3. The van der Waals surface area contributed by atoms with Crippen LogP contribution in [-0.2, 0) is 11.2 Å². The number of fused-ring (bicyclic) bond motifs is 1. The van der Waals surface area contributed by atoms with Gasteiger partial charge in [0.05, 0.1) is 21.2 Å². The van der Waals surface area contributed by atoms with Crippen LogP contribution in [-0.4, -0.2) is 29.2 Å². The van der Waals surface area contributed by atoms with Crippen LogP contribution < -0.4 is 5.32 Å². The molecule has 1 heterocycles. The van der Waals surface area contributed by atoms with E-state index in [0.717, 1.165) is 16.9 Å². The zero-order valence-corrected chi connectivity index (χ0v) is 14.8. The van der Waals surface area contributed by atoms with Gasteiger partial charge in [0.2, 0.25) is 5.91 Å². The summed E-state index contributed by atoms with van der Waals surface area (Å²) in [6.45, 7) is 1.63. The van der Waals surface area contributed by atoms with Crippen LogP contribution in [0.3, 0.4) is 0 Å². The molecule has 0 atom stereocenters. The lowest BCUT2D eigenvalue weighted by Crippen LogP contribution is -2.37. The highest BCUT2D eigenvalue weighted by Crippen LogP contribution is 2.31. The predicted octanol–water partition coefficient (Wildman–Crippen LogP) is 3.79. The lowest BCUT2D eigenvalue weighted by Gasteiger charge is -2.14. The topological polar surface area (TPSA) is 66.5 Å². The second-order valence-corrected chi connectivity index (χ2v) is 6.42. The molecule has 3 amide bonds. The van der Waals surface area contributed by atoms with E-state index in [0.29, 0.717) is 5.69 Å². The van der Waals surface area contributed by atoms with Crippen LogP contribution in [0.1, 0.15) is 33.2 Å². The quantitative estimate of drug-likeness (QED) is 0.825. The Kier molecular flexibility index (Phi) is 4.79. The summed E-state index contributed by atoms with van der Waals surface area (Å²) < 4.78 is 0. The molecule has 0 saturated carbocycles. The van der Waals surface area contributed by atoms with E-state index in [1.807, 2.05) is 25.1 Å². The summed E-state index contributed by atoms with van der Waals surface area (Å²) in [6, 6.07) is 10.1. The fourth-order valence-corrected chi connectivity index (χ4v) is 2.97. The molecule has 0 bridgehead atoms. The molecule has 25 heavy (non-hydrogen) atoms. The average Bonchev–Trinajstić information content (AvgIpc) is 2.80. The largest absolute Gasteiger partial charge is 0.325 e. The third kappa shape index (κ3) is 3.38. The van der Waals surface area contributed by atoms with Gasteiger partial charge in [-0.3, -0.25) is 19.3 Å². The molecule has 128 valence electrons. The molecular formula is C18H14Cl2N2O3. The molecule has 2 aromatic rings. The molecule has 0 aromatic heterocycles. The standard InChI is InChI=1S/C18H14Cl2N2O3/c1-2-10-4-3-5-11(6-10)21-16(23)9-22-17(24)12-7-14(19)15(20)8-13(12)18(22)25/h3-8H,2,9H2,1H3,(H,21,23). The van der Waals surface area contributed by atoms with Gasteiger partial charge in [-0.05, 0) is 36.2 Å². The summed E-state index contributed by atoms with van der Waals surface area (Å²) in [5, 5.41) is 3.07. The van der Waals surface area contributed by atoms with Crippen LogP contribution in [0, 0.1) is 0 Å². The Bertz CT molecular complexity index is 855. The maximum Gasteiger partial charge on any atom is 0.262 e. The van der Waals surface area contributed by atoms with Crippen LogP contribution in [0.15, 0.2) is 36.4 Å². The van der Waals surface area contributed by atoms with Crippen molar-refractivity contribution in [1.82, 2.24) is 4.90 Å². The van der Waals surface area contributed by atoms with Crippen molar-refractivity contribution in [2.45, 2.75) is 13.3 Å². The maximum absolute atomic E-state index is 12.4. The number of anilines is 1. The first-order chi connectivity index (χ1) is 11.9. The number of amides is 3. The van der Waals surface area contributed by atoms with Gasteiger partial charge < -0.3 is 5.32 Å². The van der Waals surface area contributed by atoms with Crippen molar-refractivity contribution in [2.75, 3.05) is 11.9 Å². The minimum atomic E-state index is -0.559. The van der Waals surface area contributed by atoms with Gasteiger partial charge in [-0.15, -0.1) is 0 Å². The number of carbonyl (C=O) groups is 3. The molecule has 0 spiro atoms. The second-order valence-electron chi connectivity index (χ2n) is 5.61. The second kappa shape index (κ2) is 6.86. The lowest BCUT2D eigenvalue weighted by molar-refractivity contribution is -0.116. The highest BCUT2D eigenvalue weighted by Gasteiger charge is 2.37. The van der Waals surface area contributed by atoms with Crippen LogP contribution in [0.5, 0.6) is 0 Å².